The standard InChI is InChI=1S/C14H17N3O/c1-9-2-4-10(5-3-9)8-17-14(18)12(15)13(16-17)11-6-7-11/h2-5,11,16H,6-8,15H2,1H3. The summed E-state index contributed by atoms with van der Waals surface area (Å²) >= 11 is 0. The molecule has 1 aliphatic carbocycles. The molecule has 4 nitrogen and oxygen atoms in total. The van der Waals surface area contributed by atoms with E-state index in [0.29, 0.717) is 18.2 Å². The molecule has 3 rings (SSSR count). The summed E-state index contributed by atoms with van der Waals surface area (Å²) in [5.74, 6) is 0.469. The third-order valence-corrected chi connectivity index (χ3v) is 3.47. The lowest BCUT2D eigenvalue weighted by atomic mass is 10.1. The molecule has 0 amide bonds. The molecular weight excluding hydrogens is 226 g/mol. The second kappa shape index (κ2) is 4.05. The lowest BCUT2D eigenvalue weighted by molar-refractivity contribution is 0.652. The van der Waals surface area contributed by atoms with Crippen molar-refractivity contribution in [1.29, 1.82) is 0 Å². The molecule has 18 heavy (non-hydrogen) atoms. The second-order valence-corrected chi connectivity index (χ2v) is 5.09. The van der Waals surface area contributed by atoms with Crippen LogP contribution in [0.15, 0.2) is 29.1 Å². The van der Waals surface area contributed by atoms with Gasteiger partial charge < -0.3 is 5.73 Å². The number of nitrogen functional groups attached to an aromatic ring is 1. The molecule has 2 aromatic rings. The average Bonchev–Trinajstić information content (AvgIpc) is 3.15. The Kier molecular flexibility index (Phi) is 2.51. The predicted molar refractivity (Wildman–Crippen MR) is 71.7 cm³/mol. The molecule has 4 heteroatoms. The minimum Gasteiger partial charge on any atom is -0.393 e. The zero-order valence-electron chi connectivity index (χ0n) is 10.4. The van der Waals surface area contributed by atoms with E-state index in [0.717, 1.165) is 24.1 Å². The van der Waals surface area contributed by atoms with Gasteiger partial charge in [-0.15, -0.1) is 0 Å². The van der Waals surface area contributed by atoms with Crippen molar-refractivity contribution in [2.24, 2.45) is 0 Å². The van der Waals surface area contributed by atoms with E-state index < -0.39 is 0 Å². The monoisotopic (exact) mass is 243 g/mol. The fraction of sp³-hybridized carbons (Fsp3) is 0.357. The predicted octanol–water partition coefficient (Wildman–Crippen LogP) is 1.99. The van der Waals surface area contributed by atoms with Gasteiger partial charge in [-0.05, 0) is 25.3 Å². The second-order valence-electron chi connectivity index (χ2n) is 5.09. The van der Waals surface area contributed by atoms with Crippen LogP contribution in [-0.2, 0) is 6.54 Å². The number of aromatic nitrogens is 2. The Balaban J connectivity index is 1.90. The van der Waals surface area contributed by atoms with Gasteiger partial charge in [0, 0.05) is 5.92 Å². The molecule has 0 radical (unpaired) electrons. The molecule has 1 saturated carbocycles. The van der Waals surface area contributed by atoms with Gasteiger partial charge in [0.25, 0.3) is 5.56 Å². The van der Waals surface area contributed by atoms with E-state index in [-0.39, 0.29) is 5.56 Å². The first-order valence-corrected chi connectivity index (χ1v) is 6.29. The Bertz CT molecular complexity index is 617. The molecule has 3 N–H and O–H groups in total. The van der Waals surface area contributed by atoms with Gasteiger partial charge in [-0.2, -0.15) is 0 Å². The summed E-state index contributed by atoms with van der Waals surface area (Å²) in [5, 5.41) is 3.15. The van der Waals surface area contributed by atoms with Crippen LogP contribution in [0.3, 0.4) is 0 Å². The number of nitrogens with zero attached hydrogens (tertiary/aromatic N) is 1. The van der Waals surface area contributed by atoms with Gasteiger partial charge in [-0.1, -0.05) is 29.8 Å². The number of H-pyrrole nitrogens is 1. The molecule has 0 saturated heterocycles. The zero-order valence-corrected chi connectivity index (χ0v) is 10.4. The van der Waals surface area contributed by atoms with Crippen LogP contribution >= 0.6 is 0 Å². The number of aryl methyl sites for hydroxylation is 1. The van der Waals surface area contributed by atoms with Crippen LogP contribution in [-0.4, -0.2) is 9.78 Å². The van der Waals surface area contributed by atoms with Crippen molar-refractivity contribution >= 4 is 5.69 Å². The zero-order chi connectivity index (χ0) is 12.7. The molecule has 1 heterocycles. The number of benzene rings is 1. The molecule has 1 aromatic heterocycles. The molecule has 0 aliphatic heterocycles. The van der Waals surface area contributed by atoms with Gasteiger partial charge in [-0.3, -0.25) is 9.89 Å². The van der Waals surface area contributed by atoms with Crippen molar-refractivity contribution in [3.05, 3.63) is 51.4 Å². The topological polar surface area (TPSA) is 63.8 Å². The molecule has 0 spiro atoms. The van der Waals surface area contributed by atoms with Crippen molar-refractivity contribution < 1.29 is 0 Å². The van der Waals surface area contributed by atoms with Crippen LogP contribution < -0.4 is 11.3 Å². The SMILES string of the molecule is Cc1ccc(Cn2[nH]c(C3CC3)c(N)c2=O)cc1. The van der Waals surface area contributed by atoms with Crippen LogP contribution in [0.1, 0.15) is 35.6 Å². The minimum atomic E-state index is -0.0996. The van der Waals surface area contributed by atoms with Gasteiger partial charge in [-0.25, -0.2) is 4.68 Å². The maximum atomic E-state index is 12.0. The number of hydrogen-bond acceptors (Lipinski definition) is 2. The van der Waals surface area contributed by atoms with Crippen molar-refractivity contribution in [3.8, 4) is 0 Å². The Hall–Kier alpha value is -1.97. The Morgan fingerprint density at radius 1 is 1.33 bits per heavy atom. The average molecular weight is 243 g/mol. The van der Waals surface area contributed by atoms with Gasteiger partial charge in [0.2, 0.25) is 0 Å². The molecule has 94 valence electrons. The van der Waals surface area contributed by atoms with Crippen LogP contribution in [0.2, 0.25) is 0 Å². The van der Waals surface area contributed by atoms with Crippen molar-refractivity contribution in [1.82, 2.24) is 9.78 Å². The number of anilines is 1. The van der Waals surface area contributed by atoms with Gasteiger partial charge >= 0.3 is 0 Å². The summed E-state index contributed by atoms with van der Waals surface area (Å²) in [6.07, 6.45) is 2.27. The quantitative estimate of drug-likeness (QED) is 0.866. The highest BCUT2D eigenvalue weighted by atomic mass is 16.1. The molecule has 0 unspecified atom stereocenters. The number of nitrogens with two attached hydrogens (primary N) is 1. The summed E-state index contributed by atoms with van der Waals surface area (Å²) in [6.45, 7) is 2.60. The number of nitrogens with one attached hydrogen (secondary N) is 1. The number of aromatic amines is 1. The molecule has 0 atom stereocenters. The van der Waals surface area contributed by atoms with E-state index >= 15 is 0 Å². The van der Waals surface area contributed by atoms with E-state index in [4.69, 9.17) is 5.73 Å². The van der Waals surface area contributed by atoms with Crippen molar-refractivity contribution in [2.75, 3.05) is 5.73 Å². The maximum absolute atomic E-state index is 12.0. The van der Waals surface area contributed by atoms with E-state index in [1.807, 2.05) is 19.1 Å². The highest BCUT2D eigenvalue weighted by Crippen LogP contribution is 2.40. The summed E-state index contributed by atoms with van der Waals surface area (Å²) in [4.78, 5) is 12.0. The van der Waals surface area contributed by atoms with Gasteiger partial charge in [0.1, 0.15) is 5.69 Å². The third-order valence-electron chi connectivity index (χ3n) is 3.47. The maximum Gasteiger partial charge on any atom is 0.290 e. The fourth-order valence-electron chi connectivity index (χ4n) is 2.19. The van der Waals surface area contributed by atoms with E-state index in [1.54, 1.807) is 4.68 Å². The third kappa shape index (κ3) is 1.94. The molecule has 1 fully saturated rings. The highest BCUT2D eigenvalue weighted by molar-refractivity contribution is 5.44. The number of hydrogen-bond donors (Lipinski definition) is 2. The van der Waals surface area contributed by atoms with Crippen LogP contribution in [0.5, 0.6) is 0 Å². The summed E-state index contributed by atoms with van der Waals surface area (Å²) in [5.41, 5.74) is 9.40. The van der Waals surface area contributed by atoms with Crippen molar-refractivity contribution in [3.63, 3.8) is 0 Å². The first kappa shape index (κ1) is 11.1. The Morgan fingerprint density at radius 2 is 2.00 bits per heavy atom. The largest absolute Gasteiger partial charge is 0.393 e. The lowest BCUT2D eigenvalue weighted by Gasteiger charge is -2.02. The van der Waals surface area contributed by atoms with Crippen LogP contribution in [0, 0.1) is 6.92 Å². The van der Waals surface area contributed by atoms with E-state index in [9.17, 15) is 4.79 Å². The van der Waals surface area contributed by atoms with E-state index in [2.05, 4.69) is 17.2 Å². The van der Waals surface area contributed by atoms with Crippen LogP contribution in [0.4, 0.5) is 5.69 Å². The normalized spacial score (nSPS) is 14.9. The highest BCUT2D eigenvalue weighted by Gasteiger charge is 2.29. The smallest absolute Gasteiger partial charge is 0.290 e. The molecule has 1 aromatic carbocycles. The fourth-order valence-corrected chi connectivity index (χ4v) is 2.19. The van der Waals surface area contributed by atoms with Crippen LogP contribution in [0.25, 0.3) is 0 Å². The lowest BCUT2D eigenvalue weighted by Crippen LogP contribution is -2.19. The van der Waals surface area contributed by atoms with E-state index in [1.165, 1.54) is 5.56 Å². The minimum absolute atomic E-state index is 0.0996. The molecule has 0 bridgehead atoms. The summed E-state index contributed by atoms with van der Waals surface area (Å²) in [6, 6.07) is 8.17. The van der Waals surface area contributed by atoms with Crippen molar-refractivity contribution in [2.45, 2.75) is 32.2 Å². The Labute approximate surface area is 105 Å². The first-order valence-electron chi connectivity index (χ1n) is 6.29. The molecule has 1 aliphatic rings. The number of rotatable bonds is 3. The summed E-state index contributed by atoms with van der Waals surface area (Å²) in [7, 11) is 0. The molecular formula is C14H17N3O. The first-order chi connectivity index (χ1) is 8.65. The van der Waals surface area contributed by atoms with Gasteiger partial charge in [0.05, 0.1) is 12.2 Å². The van der Waals surface area contributed by atoms with Gasteiger partial charge in [0.15, 0.2) is 0 Å². The Morgan fingerprint density at radius 3 is 2.61 bits per heavy atom. The summed E-state index contributed by atoms with van der Waals surface area (Å²) < 4.78 is 1.60.